The van der Waals surface area contributed by atoms with Crippen molar-refractivity contribution in [2.75, 3.05) is 19.0 Å². The minimum Gasteiger partial charge on any atom is -0.483 e. The molecule has 1 heterocycles. The van der Waals surface area contributed by atoms with Gasteiger partial charge in [0.05, 0.1) is 7.11 Å². The van der Waals surface area contributed by atoms with Crippen LogP contribution in [-0.2, 0) is 9.53 Å². The van der Waals surface area contributed by atoms with Gasteiger partial charge < -0.3 is 14.8 Å². The van der Waals surface area contributed by atoms with Gasteiger partial charge in [-0.25, -0.2) is 4.79 Å². The number of rotatable bonds is 6. The number of nitrogens with one attached hydrogen (secondary N) is 1. The molecular formula is C21H18ClNO4S. The van der Waals surface area contributed by atoms with Crippen LogP contribution in [0.5, 0.6) is 5.75 Å². The van der Waals surface area contributed by atoms with Crippen molar-refractivity contribution in [2.45, 2.75) is 6.92 Å². The normalized spacial score (nSPS) is 10.4. The van der Waals surface area contributed by atoms with Crippen molar-refractivity contribution in [3.05, 3.63) is 70.1 Å². The number of ether oxygens (including phenoxy) is 2. The van der Waals surface area contributed by atoms with Gasteiger partial charge in [0.25, 0.3) is 5.91 Å². The van der Waals surface area contributed by atoms with Crippen molar-refractivity contribution in [1.82, 2.24) is 0 Å². The zero-order valence-corrected chi connectivity index (χ0v) is 16.9. The van der Waals surface area contributed by atoms with Crippen molar-refractivity contribution >= 4 is 39.8 Å². The second kappa shape index (κ2) is 8.91. The smallest absolute Gasteiger partial charge is 0.341 e. The number of hydrogen-bond acceptors (Lipinski definition) is 5. The summed E-state index contributed by atoms with van der Waals surface area (Å²) in [4.78, 5) is 24.7. The average Bonchev–Trinajstić information content (AvgIpc) is 3.10. The van der Waals surface area contributed by atoms with Crippen LogP contribution in [0.3, 0.4) is 0 Å². The maximum Gasteiger partial charge on any atom is 0.341 e. The lowest BCUT2D eigenvalue weighted by atomic mass is 10.0. The molecule has 3 aromatic rings. The minimum atomic E-state index is -0.509. The first-order valence-corrected chi connectivity index (χ1v) is 9.69. The first-order chi connectivity index (χ1) is 13.5. The summed E-state index contributed by atoms with van der Waals surface area (Å²) in [5.74, 6) is -0.310. The third kappa shape index (κ3) is 4.52. The SMILES string of the molecule is COC(=O)c1c(-c2ccccc2)csc1NC(=O)COc1ccc(Cl)cc1C. The molecule has 3 rings (SSSR count). The van der Waals surface area contributed by atoms with Gasteiger partial charge in [0.15, 0.2) is 6.61 Å². The number of methoxy groups -OCH3 is 1. The van der Waals surface area contributed by atoms with Gasteiger partial charge in [0.2, 0.25) is 0 Å². The van der Waals surface area contributed by atoms with Gasteiger partial charge >= 0.3 is 5.97 Å². The van der Waals surface area contributed by atoms with Crippen LogP contribution in [0, 0.1) is 6.92 Å². The van der Waals surface area contributed by atoms with Gasteiger partial charge in [-0.2, -0.15) is 0 Å². The summed E-state index contributed by atoms with van der Waals surface area (Å²) in [6, 6.07) is 14.6. The van der Waals surface area contributed by atoms with Gasteiger partial charge in [0, 0.05) is 16.0 Å². The van der Waals surface area contributed by atoms with E-state index in [0.29, 0.717) is 26.9 Å². The second-order valence-corrected chi connectivity index (χ2v) is 7.27. The molecule has 1 N–H and O–H groups in total. The molecule has 0 aliphatic carbocycles. The van der Waals surface area contributed by atoms with Crippen LogP contribution in [-0.4, -0.2) is 25.6 Å². The number of carbonyl (C=O) groups is 2. The highest BCUT2D eigenvalue weighted by Crippen LogP contribution is 2.36. The Morgan fingerprint density at radius 3 is 2.57 bits per heavy atom. The lowest BCUT2D eigenvalue weighted by molar-refractivity contribution is -0.118. The van der Waals surface area contributed by atoms with Gasteiger partial charge in [-0.1, -0.05) is 41.9 Å². The minimum absolute atomic E-state index is 0.193. The molecule has 0 radical (unpaired) electrons. The van der Waals surface area contributed by atoms with Crippen LogP contribution in [0.2, 0.25) is 5.02 Å². The number of amides is 1. The number of thiophene rings is 1. The molecule has 5 nitrogen and oxygen atoms in total. The molecule has 0 fully saturated rings. The molecule has 0 aliphatic rings. The average molecular weight is 416 g/mol. The number of benzene rings is 2. The first-order valence-electron chi connectivity index (χ1n) is 8.43. The Balaban J connectivity index is 1.77. The molecule has 1 amide bonds. The lowest BCUT2D eigenvalue weighted by Gasteiger charge is -2.10. The fraction of sp³-hybridized carbons (Fsp3) is 0.143. The fourth-order valence-electron chi connectivity index (χ4n) is 2.67. The largest absolute Gasteiger partial charge is 0.483 e. The van der Waals surface area contributed by atoms with E-state index < -0.39 is 5.97 Å². The summed E-state index contributed by atoms with van der Waals surface area (Å²) < 4.78 is 10.5. The highest BCUT2D eigenvalue weighted by molar-refractivity contribution is 7.15. The van der Waals surface area contributed by atoms with Crippen LogP contribution < -0.4 is 10.1 Å². The van der Waals surface area contributed by atoms with Crippen LogP contribution in [0.15, 0.2) is 53.9 Å². The van der Waals surface area contributed by atoms with E-state index in [4.69, 9.17) is 21.1 Å². The Hall–Kier alpha value is -2.83. The van der Waals surface area contributed by atoms with E-state index in [1.54, 1.807) is 18.2 Å². The van der Waals surface area contributed by atoms with Gasteiger partial charge in [-0.15, -0.1) is 11.3 Å². The van der Waals surface area contributed by atoms with Crippen molar-refractivity contribution in [1.29, 1.82) is 0 Å². The summed E-state index contributed by atoms with van der Waals surface area (Å²) in [6.07, 6.45) is 0. The molecule has 144 valence electrons. The highest BCUT2D eigenvalue weighted by atomic mass is 35.5. The molecular weight excluding hydrogens is 398 g/mol. The quantitative estimate of drug-likeness (QED) is 0.563. The number of aryl methyl sites for hydroxylation is 1. The zero-order chi connectivity index (χ0) is 20.1. The Kier molecular flexibility index (Phi) is 6.34. The molecule has 0 saturated heterocycles. The van der Waals surface area contributed by atoms with Crippen LogP contribution in [0.1, 0.15) is 15.9 Å². The summed E-state index contributed by atoms with van der Waals surface area (Å²) in [7, 11) is 1.31. The number of esters is 1. The summed E-state index contributed by atoms with van der Waals surface area (Å²) in [5, 5.41) is 5.59. The monoisotopic (exact) mass is 415 g/mol. The summed E-state index contributed by atoms with van der Waals surface area (Å²) in [6.45, 7) is 1.65. The molecule has 0 aliphatic heterocycles. The summed E-state index contributed by atoms with van der Waals surface area (Å²) in [5.41, 5.74) is 2.74. The maximum atomic E-state index is 12.4. The zero-order valence-electron chi connectivity index (χ0n) is 15.3. The molecule has 0 spiro atoms. The van der Waals surface area contributed by atoms with Crippen LogP contribution >= 0.6 is 22.9 Å². The highest BCUT2D eigenvalue weighted by Gasteiger charge is 2.22. The molecule has 28 heavy (non-hydrogen) atoms. The molecule has 2 aromatic carbocycles. The Morgan fingerprint density at radius 1 is 1.14 bits per heavy atom. The molecule has 0 unspecified atom stereocenters. The third-order valence-electron chi connectivity index (χ3n) is 4.01. The Morgan fingerprint density at radius 2 is 1.89 bits per heavy atom. The van der Waals surface area contributed by atoms with Crippen molar-refractivity contribution in [3.63, 3.8) is 0 Å². The predicted molar refractivity (Wildman–Crippen MR) is 111 cm³/mol. The van der Waals surface area contributed by atoms with Crippen molar-refractivity contribution in [2.24, 2.45) is 0 Å². The summed E-state index contributed by atoms with van der Waals surface area (Å²) >= 11 is 7.19. The first kappa shape index (κ1) is 19.9. The van der Waals surface area contributed by atoms with E-state index in [1.165, 1.54) is 18.4 Å². The van der Waals surface area contributed by atoms with E-state index in [2.05, 4.69) is 5.32 Å². The number of hydrogen-bond donors (Lipinski definition) is 1. The van der Waals surface area contributed by atoms with Crippen molar-refractivity contribution < 1.29 is 19.1 Å². The van der Waals surface area contributed by atoms with Crippen molar-refractivity contribution in [3.8, 4) is 16.9 Å². The van der Waals surface area contributed by atoms with Gasteiger partial charge in [0.1, 0.15) is 16.3 Å². The standard InChI is InChI=1S/C21H18ClNO4S/c1-13-10-15(22)8-9-17(13)27-11-18(24)23-20-19(21(25)26-2)16(12-28-20)14-6-4-3-5-7-14/h3-10,12H,11H2,1-2H3,(H,23,24). The molecule has 0 bridgehead atoms. The van der Waals surface area contributed by atoms with Crippen LogP contribution in [0.4, 0.5) is 5.00 Å². The lowest BCUT2D eigenvalue weighted by Crippen LogP contribution is -2.21. The van der Waals surface area contributed by atoms with E-state index in [0.717, 1.165) is 11.1 Å². The fourth-order valence-corrected chi connectivity index (χ4v) is 3.87. The van der Waals surface area contributed by atoms with Gasteiger partial charge in [-0.3, -0.25) is 4.79 Å². The second-order valence-electron chi connectivity index (χ2n) is 5.96. The molecule has 0 saturated carbocycles. The molecule has 7 heteroatoms. The van der Waals surface area contributed by atoms with Crippen LogP contribution in [0.25, 0.3) is 11.1 Å². The van der Waals surface area contributed by atoms with E-state index >= 15 is 0 Å². The molecule has 0 atom stereocenters. The Labute approximate surface area is 171 Å². The predicted octanol–water partition coefficient (Wildman–Crippen LogP) is 5.18. The molecule has 1 aromatic heterocycles. The van der Waals surface area contributed by atoms with Gasteiger partial charge in [-0.05, 0) is 36.2 Å². The van der Waals surface area contributed by atoms with E-state index in [9.17, 15) is 9.59 Å². The maximum absolute atomic E-state index is 12.4. The topological polar surface area (TPSA) is 64.6 Å². The third-order valence-corrected chi connectivity index (χ3v) is 5.14. The van der Waals surface area contributed by atoms with E-state index in [-0.39, 0.29) is 12.5 Å². The Bertz CT molecular complexity index is 1000. The number of carbonyl (C=O) groups excluding carboxylic acids is 2. The number of halogens is 1. The van der Waals surface area contributed by atoms with E-state index in [1.807, 2.05) is 42.6 Å². The number of anilines is 1.